The summed E-state index contributed by atoms with van der Waals surface area (Å²) in [5, 5.41) is 6.26. The first kappa shape index (κ1) is 9.24. The third-order valence-corrected chi connectivity index (χ3v) is 3.03. The standard InChI is InChI=1S/C8H11ClN2OS/c9-7-5-13-8(11-7)12-6-2-1-3-10-4-6/h5-6,10H,1-4H2. The van der Waals surface area contributed by atoms with Gasteiger partial charge in [-0.3, -0.25) is 0 Å². The molecule has 13 heavy (non-hydrogen) atoms. The summed E-state index contributed by atoms with van der Waals surface area (Å²) in [6.07, 6.45) is 2.53. The number of hydrogen-bond donors (Lipinski definition) is 1. The zero-order valence-corrected chi connectivity index (χ0v) is 8.70. The summed E-state index contributed by atoms with van der Waals surface area (Å²) >= 11 is 7.13. The summed E-state index contributed by atoms with van der Waals surface area (Å²) in [7, 11) is 0. The minimum absolute atomic E-state index is 0.260. The fraction of sp³-hybridized carbons (Fsp3) is 0.625. The molecule has 0 saturated carbocycles. The van der Waals surface area contributed by atoms with Crippen LogP contribution in [0.5, 0.6) is 5.19 Å². The average Bonchev–Trinajstić information content (AvgIpc) is 2.53. The summed E-state index contributed by atoms with van der Waals surface area (Å²) in [6, 6.07) is 0. The quantitative estimate of drug-likeness (QED) is 0.824. The SMILES string of the molecule is Clc1csc(OC2CCCNC2)n1. The smallest absolute Gasteiger partial charge is 0.274 e. The lowest BCUT2D eigenvalue weighted by molar-refractivity contribution is 0.166. The van der Waals surface area contributed by atoms with Crippen molar-refractivity contribution in [2.45, 2.75) is 18.9 Å². The van der Waals surface area contributed by atoms with Crippen molar-refractivity contribution >= 4 is 22.9 Å². The molecule has 2 heterocycles. The maximum absolute atomic E-state index is 5.68. The van der Waals surface area contributed by atoms with Crippen LogP contribution in [0.3, 0.4) is 0 Å². The second kappa shape index (κ2) is 4.26. The van der Waals surface area contributed by atoms with Crippen LogP contribution < -0.4 is 10.1 Å². The lowest BCUT2D eigenvalue weighted by atomic mass is 10.1. The molecule has 72 valence electrons. The number of ether oxygens (including phenoxy) is 1. The second-order valence-electron chi connectivity index (χ2n) is 3.02. The Kier molecular flexibility index (Phi) is 3.03. The van der Waals surface area contributed by atoms with Gasteiger partial charge in [0.25, 0.3) is 5.19 Å². The molecule has 0 bridgehead atoms. The Hall–Kier alpha value is -0.320. The predicted octanol–water partition coefficient (Wildman–Crippen LogP) is 1.93. The van der Waals surface area contributed by atoms with Gasteiger partial charge in [0.05, 0.1) is 0 Å². The third-order valence-electron chi connectivity index (χ3n) is 1.97. The molecule has 1 saturated heterocycles. The maximum Gasteiger partial charge on any atom is 0.274 e. The molecule has 3 nitrogen and oxygen atoms in total. The molecular weight excluding hydrogens is 208 g/mol. The monoisotopic (exact) mass is 218 g/mol. The van der Waals surface area contributed by atoms with Gasteiger partial charge in [0, 0.05) is 11.9 Å². The van der Waals surface area contributed by atoms with Crippen molar-refractivity contribution in [1.29, 1.82) is 0 Å². The zero-order valence-electron chi connectivity index (χ0n) is 7.12. The van der Waals surface area contributed by atoms with Crippen molar-refractivity contribution in [2.24, 2.45) is 0 Å². The molecule has 0 spiro atoms. The second-order valence-corrected chi connectivity index (χ2v) is 4.23. The largest absolute Gasteiger partial charge is 0.465 e. The first-order valence-corrected chi connectivity index (χ1v) is 5.59. The normalized spacial score (nSPS) is 23.0. The summed E-state index contributed by atoms with van der Waals surface area (Å²) < 4.78 is 5.64. The molecule has 1 aliphatic heterocycles. The molecule has 1 aromatic rings. The van der Waals surface area contributed by atoms with Gasteiger partial charge in [-0.25, -0.2) is 0 Å². The molecule has 1 atom stereocenters. The highest BCUT2D eigenvalue weighted by Crippen LogP contribution is 2.23. The van der Waals surface area contributed by atoms with E-state index in [1.54, 1.807) is 5.38 Å². The van der Waals surface area contributed by atoms with Crippen molar-refractivity contribution in [3.05, 3.63) is 10.5 Å². The van der Waals surface area contributed by atoms with E-state index in [4.69, 9.17) is 16.3 Å². The van der Waals surface area contributed by atoms with E-state index in [9.17, 15) is 0 Å². The van der Waals surface area contributed by atoms with Gasteiger partial charge in [0.15, 0.2) is 0 Å². The van der Waals surface area contributed by atoms with Crippen LogP contribution >= 0.6 is 22.9 Å². The Labute approximate surface area is 86.1 Å². The summed E-state index contributed by atoms with van der Waals surface area (Å²) in [5.74, 6) is 0. The van der Waals surface area contributed by atoms with Crippen LogP contribution in [0.25, 0.3) is 0 Å². The van der Waals surface area contributed by atoms with Crippen LogP contribution in [0.15, 0.2) is 5.38 Å². The Bertz CT molecular complexity index is 273. The first-order valence-electron chi connectivity index (χ1n) is 4.33. The van der Waals surface area contributed by atoms with E-state index in [0.717, 1.165) is 19.5 Å². The van der Waals surface area contributed by atoms with Gasteiger partial charge >= 0.3 is 0 Å². The number of halogens is 1. The Morgan fingerprint density at radius 1 is 1.69 bits per heavy atom. The maximum atomic E-state index is 5.68. The topological polar surface area (TPSA) is 34.1 Å². The molecule has 5 heteroatoms. The van der Waals surface area contributed by atoms with E-state index in [1.165, 1.54) is 17.8 Å². The third kappa shape index (κ3) is 2.56. The number of nitrogens with one attached hydrogen (secondary N) is 1. The highest BCUT2D eigenvalue weighted by atomic mass is 35.5. The minimum Gasteiger partial charge on any atom is -0.465 e. The van der Waals surface area contributed by atoms with Crippen LogP contribution in [0.2, 0.25) is 5.15 Å². The molecule has 0 aromatic carbocycles. The van der Waals surface area contributed by atoms with Crippen molar-refractivity contribution in [1.82, 2.24) is 10.3 Å². The molecule has 2 rings (SSSR count). The lowest BCUT2D eigenvalue weighted by Crippen LogP contribution is -2.37. The molecular formula is C8H11ClN2OS. The van der Waals surface area contributed by atoms with Gasteiger partial charge in [0.2, 0.25) is 0 Å². The molecule has 0 radical (unpaired) electrons. The van der Waals surface area contributed by atoms with E-state index in [2.05, 4.69) is 10.3 Å². The Morgan fingerprint density at radius 2 is 2.62 bits per heavy atom. The first-order chi connectivity index (χ1) is 6.34. The number of piperidine rings is 1. The van der Waals surface area contributed by atoms with Gasteiger partial charge in [-0.05, 0) is 19.4 Å². The average molecular weight is 219 g/mol. The molecule has 1 unspecified atom stereocenters. The van der Waals surface area contributed by atoms with Gasteiger partial charge in [0.1, 0.15) is 11.3 Å². The summed E-state index contributed by atoms with van der Waals surface area (Å²) in [4.78, 5) is 4.04. The van der Waals surface area contributed by atoms with Gasteiger partial charge in [-0.1, -0.05) is 22.9 Å². The zero-order chi connectivity index (χ0) is 9.10. The number of rotatable bonds is 2. The van der Waals surface area contributed by atoms with Gasteiger partial charge < -0.3 is 10.1 Å². The highest BCUT2D eigenvalue weighted by Gasteiger charge is 2.15. The van der Waals surface area contributed by atoms with Crippen molar-refractivity contribution in [3.8, 4) is 5.19 Å². The van der Waals surface area contributed by atoms with Crippen LogP contribution in [0.4, 0.5) is 0 Å². The number of hydrogen-bond acceptors (Lipinski definition) is 4. The highest BCUT2D eigenvalue weighted by molar-refractivity contribution is 7.11. The number of aromatic nitrogens is 1. The summed E-state index contributed by atoms with van der Waals surface area (Å²) in [6.45, 7) is 2.01. The van der Waals surface area contributed by atoms with E-state index in [-0.39, 0.29) is 6.10 Å². The van der Waals surface area contributed by atoms with Crippen LogP contribution in [-0.2, 0) is 0 Å². The van der Waals surface area contributed by atoms with Gasteiger partial charge in [-0.2, -0.15) is 4.98 Å². The number of nitrogens with zero attached hydrogens (tertiary/aromatic N) is 1. The molecule has 0 aliphatic carbocycles. The van der Waals surface area contributed by atoms with Gasteiger partial charge in [-0.15, -0.1) is 0 Å². The fourth-order valence-corrected chi connectivity index (χ4v) is 2.21. The number of thiazole rings is 1. The van der Waals surface area contributed by atoms with E-state index >= 15 is 0 Å². The molecule has 1 aliphatic rings. The van der Waals surface area contributed by atoms with Crippen LogP contribution in [0.1, 0.15) is 12.8 Å². The van der Waals surface area contributed by atoms with E-state index in [0.29, 0.717) is 10.3 Å². The van der Waals surface area contributed by atoms with Crippen molar-refractivity contribution in [2.75, 3.05) is 13.1 Å². The molecule has 1 N–H and O–H groups in total. The Morgan fingerprint density at radius 3 is 3.23 bits per heavy atom. The molecule has 0 amide bonds. The predicted molar refractivity (Wildman–Crippen MR) is 53.6 cm³/mol. The molecule has 1 fully saturated rings. The molecule has 1 aromatic heterocycles. The van der Waals surface area contributed by atoms with Crippen LogP contribution in [-0.4, -0.2) is 24.2 Å². The van der Waals surface area contributed by atoms with Crippen molar-refractivity contribution in [3.63, 3.8) is 0 Å². The summed E-state index contributed by atoms with van der Waals surface area (Å²) in [5.41, 5.74) is 0. The van der Waals surface area contributed by atoms with E-state index in [1.807, 2.05) is 0 Å². The lowest BCUT2D eigenvalue weighted by Gasteiger charge is -2.22. The minimum atomic E-state index is 0.260. The Balaban J connectivity index is 1.89. The van der Waals surface area contributed by atoms with Crippen LogP contribution in [0, 0.1) is 0 Å². The van der Waals surface area contributed by atoms with Crippen molar-refractivity contribution < 1.29 is 4.74 Å². The van der Waals surface area contributed by atoms with E-state index < -0.39 is 0 Å². The fourth-order valence-electron chi connectivity index (χ4n) is 1.36.